The second-order valence-electron chi connectivity index (χ2n) is 12.6. The minimum absolute atomic E-state index is 0.0110. The number of benzene rings is 2. The fraction of sp³-hybridized carbons (Fsp3) is 0.355. The Labute approximate surface area is 290 Å². The molecule has 0 spiro atoms. The predicted molar refractivity (Wildman–Crippen MR) is 179 cm³/mol. The molecule has 20 heteroatoms. The van der Waals surface area contributed by atoms with Crippen molar-refractivity contribution in [3.8, 4) is 11.3 Å². The maximum atomic E-state index is 15.0. The van der Waals surface area contributed by atoms with E-state index in [0.29, 0.717) is 5.56 Å². The Kier molecular flexibility index (Phi) is 10.4. The van der Waals surface area contributed by atoms with Gasteiger partial charge in [0.05, 0.1) is 16.1 Å². The first-order valence-electron chi connectivity index (χ1n) is 15.3. The zero-order valence-corrected chi connectivity index (χ0v) is 29.1. The predicted octanol–water partition coefficient (Wildman–Crippen LogP) is 4.35. The number of rotatable bonds is 10. The van der Waals surface area contributed by atoms with E-state index in [4.69, 9.17) is 9.88 Å². The highest BCUT2D eigenvalue weighted by Gasteiger charge is 2.33. The number of alkyl halides is 3. The fourth-order valence-electron chi connectivity index (χ4n) is 5.04. The van der Waals surface area contributed by atoms with Gasteiger partial charge in [-0.25, -0.2) is 45.8 Å². The summed E-state index contributed by atoms with van der Waals surface area (Å²) in [6.45, 7) is 3.95. The van der Waals surface area contributed by atoms with Crippen LogP contribution in [0, 0.1) is 5.82 Å². The van der Waals surface area contributed by atoms with E-state index in [9.17, 15) is 39.2 Å². The molecule has 4 aromatic rings. The summed E-state index contributed by atoms with van der Waals surface area (Å²) in [5.74, 6) is -1.42. The molecule has 1 saturated heterocycles. The number of nitrogens with two attached hydrogens (primary N) is 1. The second-order valence-corrected chi connectivity index (χ2v) is 15.9. The van der Waals surface area contributed by atoms with Crippen molar-refractivity contribution in [2.45, 2.75) is 61.3 Å². The molecule has 1 aliphatic rings. The van der Waals surface area contributed by atoms with Gasteiger partial charge in [-0.3, -0.25) is 0 Å². The number of amides is 1. The van der Waals surface area contributed by atoms with Gasteiger partial charge < -0.3 is 20.3 Å². The van der Waals surface area contributed by atoms with Gasteiger partial charge in [0.25, 0.3) is 0 Å². The molecule has 1 fully saturated rings. The monoisotopic (exact) mass is 754 g/mol. The molecule has 2 aromatic heterocycles. The van der Waals surface area contributed by atoms with Crippen LogP contribution < -0.4 is 20.5 Å². The number of hydrogen-bond donors (Lipinski definition) is 4. The summed E-state index contributed by atoms with van der Waals surface area (Å²) < 4.78 is 112. The van der Waals surface area contributed by atoms with E-state index < -0.39 is 61.2 Å². The lowest BCUT2D eigenvalue weighted by Gasteiger charge is -2.24. The third-order valence-corrected chi connectivity index (χ3v) is 9.84. The first-order chi connectivity index (χ1) is 23.7. The number of hydrogen-bond acceptors (Lipinski definition) is 11. The molecule has 0 aliphatic carbocycles. The minimum Gasteiger partial charge on any atom is -0.444 e. The van der Waals surface area contributed by atoms with Crippen molar-refractivity contribution in [3.63, 3.8) is 0 Å². The summed E-state index contributed by atoms with van der Waals surface area (Å²) in [6.07, 6.45) is -4.96. The third kappa shape index (κ3) is 9.78. The van der Waals surface area contributed by atoms with Crippen LogP contribution in [-0.2, 0) is 31.3 Å². The first-order valence-corrected chi connectivity index (χ1v) is 18.3. The molecule has 0 saturated carbocycles. The molecule has 1 amide bonds. The Morgan fingerprint density at radius 2 is 1.69 bits per heavy atom. The molecule has 5 N–H and O–H groups in total. The number of aromatic nitrogens is 3. The van der Waals surface area contributed by atoms with Crippen molar-refractivity contribution in [1.82, 2.24) is 24.6 Å². The Hall–Kier alpha value is -4.66. The van der Waals surface area contributed by atoms with Crippen LogP contribution in [0.3, 0.4) is 0 Å². The SMILES string of the molecule is CC(C)(C)OC(=O)N1CC[C@@H](NS(=O)(=O)c2cc(-c3ccc4nc(NCc5ccc(S(N)(=O)=O)cc5)nc(NCC(F)(F)F)c4n3)ccc2F)C1. The molecule has 1 atom stereocenters. The molecule has 0 unspecified atom stereocenters. The number of primary sulfonamides is 1. The van der Waals surface area contributed by atoms with E-state index in [0.717, 1.165) is 12.1 Å². The van der Waals surface area contributed by atoms with Gasteiger partial charge in [-0.1, -0.05) is 12.1 Å². The summed E-state index contributed by atoms with van der Waals surface area (Å²) in [6, 6.07) is 11.0. The molecule has 0 radical (unpaired) electrons. The third-order valence-electron chi connectivity index (χ3n) is 7.38. The van der Waals surface area contributed by atoms with Gasteiger partial charge in [0.2, 0.25) is 26.0 Å². The van der Waals surface area contributed by atoms with Crippen LogP contribution in [0.4, 0.5) is 34.1 Å². The zero-order valence-electron chi connectivity index (χ0n) is 27.5. The number of likely N-dealkylation sites (tertiary alicyclic amines) is 1. The molecular formula is C31H34F4N8O6S2. The quantitative estimate of drug-likeness (QED) is 0.168. The largest absolute Gasteiger partial charge is 0.444 e. The number of sulfonamides is 2. The van der Waals surface area contributed by atoms with Gasteiger partial charge in [0, 0.05) is 31.2 Å². The number of halogens is 4. The lowest BCUT2D eigenvalue weighted by molar-refractivity contribution is -0.115. The van der Waals surface area contributed by atoms with Crippen LogP contribution in [0.2, 0.25) is 0 Å². The number of carbonyl (C=O) groups excluding carboxylic acids is 1. The van der Waals surface area contributed by atoms with Crippen LogP contribution in [0.25, 0.3) is 22.3 Å². The van der Waals surface area contributed by atoms with Crippen LogP contribution in [0.5, 0.6) is 0 Å². The first kappa shape index (κ1) is 37.6. The molecule has 2 aromatic carbocycles. The van der Waals surface area contributed by atoms with Crippen LogP contribution in [-0.4, -0.2) is 80.2 Å². The average molecular weight is 755 g/mol. The summed E-state index contributed by atoms with van der Waals surface area (Å²) >= 11 is 0. The normalized spacial score (nSPS) is 15.6. The van der Waals surface area contributed by atoms with Crippen molar-refractivity contribution < 1.29 is 43.9 Å². The Morgan fingerprint density at radius 3 is 2.33 bits per heavy atom. The topological polar surface area (TPSA) is 199 Å². The number of pyridine rings is 1. The Balaban J connectivity index is 1.40. The van der Waals surface area contributed by atoms with E-state index in [1.807, 2.05) is 0 Å². The standard InChI is InChI=1S/C31H34F4N8O6S2/c1-30(2,3)49-29(44)43-13-12-20(16-43)42-51(47,48)25-14-19(6-9-22(25)32)23-10-11-24-26(39-23)27(38-17-31(33,34)35)41-28(40-24)37-15-18-4-7-21(8-5-18)50(36,45)46/h4-11,14,20,42H,12-13,15-17H2,1-3H3,(H2,36,45,46)(H2,37,38,40,41)/t20-/m1/s1. The highest BCUT2D eigenvalue weighted by Crippen LogP contribution is 2.29. The molecular weight excluding hydrogens is 721 g/mol. The van der Waals surface area contributed by atoms with Crippen LogP contribution >= 0.6 is 0 Å². The average Bonchev–Trinajstić information content (AvgIpc) is 3.49. The van der Waals surface area contributed by atoms with Crippen LogP contribution in [0.15, 0.2) is 64.4 Å². The summed E-state index contributed by atoms with van der Waals surface area (Å²) in [5, 5.41) is 10.2. The fourth-order valence-corrected chi connectivity index (χ4v) is 6.92. The molecule has 1 aliphatic heterocycles. The lowest BCUT2D eigenvalue weighted by Crippen LogP contribution is -2.40. The number of anilines is 2. The smallest absolute Gasteiger partial charge is 0.410 e. The summed E-state index contributed by atoms with van der Waals surface area (Å²) in [5.41, 5.74) is 0.106. The van der Waals surface area contributed by atoms with Gasteiger partial charge in [0.1, 0.15) is 28.4 Å². The molecule has 3 heterocycles. The van der Waals surface area contributed by atoms with Gasteiger partial charge >= 0.3 is 12.3 Å². The van der Waals surface area contributed by atoms with E-state index in [1.54, 1.807) is 20.8 Å². The lowest BCUT2D eigenvalue weighted by atomic mass is 10.1. The maximum absolute atomic E-state index is 15.0. The molecule has 0 bridgehead atoms. The summed E-state index contributed by atoms with van der Waals surface area (Å²) in [4.78, 5) is 25.9. The molecule has 51 heavy (non-hydrogen) atoms. The van der Waals surface area contributed by atoms with E-state index in [1.165, 1.54) is 47.4 Å². The van der Waals surface area contributed by atoms with E-state index in [2.05, 4.69) is 30.3 Å². The number of ether oxygens (including phenoxy) is 1. The number of fused-ring (bicyclic) bond motifs is 1. The number of carbonyl (C=O) groups is 1. The van der Waals surface area contributed by atoms with Gasteiger partial charge in [-0.2, -0.15) is 18.2 Å². The minimum atomic E-state index is -4.62. The van der Waals surface area contributed by atoms with Crippen molar-refractivity contribution >= 4 is 48.9 Å². The van der Waals surface area contributed by atoms with Gasteiger partial charge in [0.15, 0.2) is 5.82 Å². The highest BCUT2D eigenvalue weighted by molar-refractivity contribution is 7.89. The highest BCUT2D eigenvalue weighted by atomic mass is 32.2. The van der Waals surface area contributed by atoms with Crippen molar-refractivity contribution in [1.29, 1.82) is 0 Å². The van der Waals surface area contributed by atoms with Crippen molar-refractivity contribution in [2.75, 3.05) is 30.3 Å². The van der Waals surface area contributed by atoms with Gasteiger partial charge in [-0.15, -0.1) is 0 Å². The molecule has 274 valence electrons. The van der Waals surface area contributed by atoms with E-state index >= 15 is 0 Å². The summed E-state index contributed by atoms with van der Waals surface area (Å²) in [7, 11) is -8.35. The van der Waals surface area contributed by atoms with Crippen LogP contribution in [0.1, 0.15) is 32.8 Å². The maximum Gasteiger partial charge on any atom is 0.410 e. The zero-order chi connectivity index (χ0) is 37.4. The molecule has 5 rings (SSSR count). The second kappa shape index (κ2) is 14.2. The number of nitrogens with one attached hydrogen (secondary N) is 3. The van der Waals surface area contributed by atoms with Gasteiger partial charge in [-0.05, 0) is 75.2 Å². The van der Waals surface area contributed by atoms with Crippen molar-refractivity contribution in [3.05, 3.63) is 66.0 Å². The van der Waals surface area contributed by atoms with E-state index in [-0.39, 0.29) is 65.0 Å². The van der Waals surface area contributed by atoms with Crippen molar-refractivity contribution in [2.24, 2.45) is 5.14 Å². The Morgan fingerprint density at radius 1 is 0.980 bits per heavy atom. The molecule has 14 nitrogen and oxygen atoms in total. The Bertz CT molecular complexity index is 2160. The number of nitrogens with zero attached hydrogens (tertiary/aromatic N) is 4.